The molecule has 0 saturated carbocycles. The van der Waals surface area contributed by atoms with Crippen molar-refractivity contribution in [2.45, 2.75) is 18.9 Å². The van der Waals surface area contributed by atoms with Gasteiger partial charge in [-0.15, -0.1) is 0 Å². The van der Waals surface area contributed by atoms with Gasteiger partial charge in [0, 0.05) is 11.8 Å². The fourth-order valence-electron chi connectivity index (χ4n) is 1.58. The molecule has 0 atom stereocenters. The standard InChI is InChI=1S/C10H13O2Si/c11-9-5-1-2-6-10(9)13-8-4-3-7-12-13/h1-2,5-6,11H,3-4,7-8H2. The second kappa shape index (κ2) is 3.94. The average molecular weight is 193 g/mol. The molecule has 1 heterocycles. The maximum Gasteiger partial charge on any atom is 0.250 e. The summed E-state index contributed by atoms with van der Waals surface area (Å²) < 4.78 is 5.69. The summed E-state index contributed by atoms with van der Waals surface area (Å²) in [5.41, 5.74) is 0. The Morgan fingerprint density at radius 1 is 1.23 bits per heavy atom. The Kier molecular flexibility index (Phi) is 2.66. The van der Waals surface area contributed by atoms with E-state index in [0.717, 1.165) is 17.8 Å². The van der Waals surface area contributed by atoms with Gasteiger partial charge < -0.3 is 9.53 Å². The minimum Gasteiger partial charge on any atom is -0.508 e. The maximum atomic E-state index is 9.61. The van der Waals surface area contributed by atoms with E-state index < -0.39 is 9.04 Å². The Bertz CT molecular complexity index is 282. The molecule has 1 aromatic carbocycles. The van der Waals surface area contributed by atoms with Crippen LogP contribution in [0.15, 0.2) is 24.3 Å². The second-order valence-corrected chi connectivity index (χ2v) is 5.42. The highest BCUT2D eigenvalue weighted by molar-refractivity contribution is 6.68. The minimum absolute atomic E-state index is 0.401. The lowest BCUT2D eigenvalue weighted by atomic mass is 10.3. The molecular weight excluding hydrogens is 180 g/mol. The van der Waals surface area contributed by atoms with Crippen LogP contribution >= 0.6 is 0 Å². The van der Waals surface area contributed by atoms with Gasteiger partial charge >= 0.3 is 0 Å². The predicted molar refractivity (Wildman–Crippen MR) is 53.5 cm³/mol. The van der Waals surface area contributed by atoms with Crippen molar-refractivity contribution >= 4 is 14.2 Å². The molecule has 1 N–H and O–H groups in total. The monoisotopic (exact) mass is 193 g/mol. The molecule has 0 unspecified atom stereocenters. The van der Waals surface area contributed by atoms with E-state index in [1.165, 1.54) is 12.8 Å². The van der Waals surface area contributed by atoms with Crippen LogP contribution in [0.3, 0.4) is 0 Å². The highest BCUT2D eigenvalue weighted by Gasteiger charge is 2.21. The zero-order valence-corrected chi connectivity index (χ0v) is 8.49. The molecule has 1 aliphatic heterocycles. The van der Waals surface area contributed by atoms with Crippen LogP contribution in [0.5, 0.6) is 5.75 Å². The van der Waals surface area contributed by atoms with Gasteiger partial charge in [0.25, 0.3) is 0 Å². The molecule has 2 rings (SSSR count). The lowest BCUT2D eigenvalue weighted by Gasteiger charge is -2.20. The van der Waals surface area contributed by atoms with Crippen molar-refractivity contribution in [1.29, 1.82) is 0 Å². The molecular formula is C10H13O2Si. The van der Waals surface area contributed by atoms with Gasteiger partial charge in [-0.25, -0.2) is 0 Å². The summed E-state index contributed by atoms with van der Waals surface area (Å²) in [6.45, 7) is 0.864. The van der Waals surface area contributed by atoms with Gasteiger partial charge in [0.05, 0.1) is 0 Å². The lowest BCUT2D eigenvalue weighted by molar-refractivity contribution is 0.294. The highest BCUT2D eigenvalue weighted by atomic mass is 28.3. The first kappa shape index (κ1) is 8.78. The first-order valence-electron chi connectivity index (χ1n) is 4.65. The van der Waals surface area contributed by atoms with Crippen molar-refractivity contribution in [3.05, 3.63) is 24.3 Å². The molecule has 69 valence electrons. The van der Waals surface area contributed by atoms with E-state index in [-0.39, 0.29) is 0 Å². The maximum absolute atomic E-state index is 9.61. The highest BCUT2D eigenvalue weighted by Crippen LogP contribution is 2.14. The Labute approximate surface area is 79.9 Å². The number of hydrogen-bond acceptors (Lipinski definition) is 2. The molecule has 1 aromatic rings. The van der Waals surface area contributed by atoms with Crippen molar-refractivity contribution in [2.75, 3.05) is 6.61 Å². The fourth-order valence-corrected chi connectivity index (χ4v) is 3.76. The number of phenols is 1. The van der Waals surface area contributed by atoms with E-state index >= 15 is 0 Å². The largest absolute Gasteiger partial charge is 0.508 e. The van der Waals surface area contributed by atoms with Gasteiger partial charge in [0.1, 0.15) is 5.75 Å². The first-order chi connectivity index (χ1) is 6.38. The molecule has 1 fully saturated rings. The topological polar surface area (TPSA) is 29.5 Å². The third-order valence-corrected chi connectivity index (χ3v) is 4.66. The Morgan fingerprint density at radius 3 is 2.77 bits per heavy atom. The van der Waals surface area contributed by atoms with Crippen molar-refractivity contribution in [3.63, 3.8) is 0 Å². The molecule has 0 amide bonds. The summed E-state index contributed by atoms with van der Waals surface area (Å²) >= 11 is 0. The first-order valence-corrected chi connectivity index (χ1v) is 6.26. The second-order valence-electron chi connectivity index (χ2n) is 3.25. The van der Waals surface area contributed by atoms with E-state index in [1.54, 1.807) is 6.07 Å². The summed E-state index contributed by atoms with van der Waals surface area (Å²) in [4.78, 5) is 0. The molecule has 3 heteroatoms. The smallest absolute Gasteiger partial charge is 0.250 e. The molecule has 0 aromatic heterocycles. The van der Waals surface area contributed by atoms with Crippen LogP contribution in [0, 0.1) is 0 Å². The van der Waals surface area contributed by atoms with Gasteiger partial charge in [-0.2, -0.15) is 0 Å². The van der Waals surface area contributed by atoms with Gasteiger partial charge in [-0.1, -0.05) is 24.6 Å². The number of hydrogen-bond donors (Lipinski definition) is 1. The van der Waals surface area contributed by atoms with Gasteiger partial charge in [0.2, 0.25) is 9.04 Å². The number of phenolic OH excluding ortho intramolecular Hbond substituents is 1. The molecule has 2 nitrogen and oxygen atoms in total. The molecule has 1 aliphatic rings. The molecule has 13 heavy (non-hydrogen) atoms. The lowest BCUT2D eigenvalue weighted by Crippen LogP contribution is -2.36. The van der Waals surface area contributed by atoms with E-state index in [9.17, 15) is 5.11 Å². The van der Waals surface area contributed by atoms with Crippen LogP contribution in [0.25, 0.3) is 0 Å². The van der Waals surface area contributed by atoms with Crippen molar-refractivity contribution in [3.8, 4) is 5.75 Å². The van der Waals surface area contributed by atoms with E-state index in [4.69, 9.17) is 4.43 Å². The van der Waals surface area contributed by atoms with Crippen LogP contribution in [0.1, 0.15) is 12.8 Å². The number of benzene rings is 1. The molecule has 1 saturated heterocycles. The summed E-state index contributed by atoms with van der Waals surface area (Å²) in [6.07, 6.45) is 2.41. The summed E-state index contributed by atoms with van der Waals surface area (Å²) in [5.74, 6) is 0.401. The summed E-state index contributed by atoms with van der Waals surface area (Å²) in [6, 6.07) is 8.66. The van der Waals surface area contributed by atoms with E-state index in [0.29, 0.717) is 5.75 Å². The molecule has 1 radical (unpaired) electrons. The van der Waals surface area contributed by atoms with Crippen molar-refractivity contribution in [1.82, 2.24) is 0 Å². The zero-order chi connectivity index (χ0) is 9.10. The van der Waals surface area contributed by atoms with Crippen LogP contribution in [0.2, 0.25) is 6.04 Å². The Morgan fingerprint density at radius 2 is 2.08 bits per heavy atom. The average Bonchev–Trinajstić information content (AvgIpc) is 2.20. The van der Waals surface area contributed by atoms with Crippen LogP contribution in [-0.4, -0.2) is 20.8 Å². The van der Waals surface area contributed by atoms with E-state index in [1.807, 2.05) is 18.2 Å². The van der Waals surface area contributed by atoms with Crippen LogP contribution < -0.4 is 5.19 Å². The molecule has 0 bridgehead atoms. The Balaban J connectivity index is 2.18. The van der Waals surface area contributed by atoms with Gasteiger partial charge in [0.15, 0.2) is 0 Å². The minimum atomic E-state index is -0.906. The third-order valence-electron chi connectivity index (χ3n) is 2.28. The summed E-state index contributed by atoms with van der Waals surface area (Å²) in [7, 11) is -0.906. The number of aromatic hydroxyl groups is 1. The van der Waals surface area contributed by atoms with E-state index in [2.05, 4.69) is 0 Å². The summed E-state index contributed by atoms with van der Waals surface area (Å²) in [5, 5.41) is 10.6. The number of para-hydroxylation sites is 1. The Hall–Kier alpha value is -0.803. The number of rotatable bonds is 1. The van der Waals surface area contributed by atoms with Crippen molar-refractivity contribution in [2.24, 2.45) is 0 Å². The van der Waals surface area contributed by atoms with Gasteiger partial charge in [-0.3, -0.25) is 0 Å². The fraction of sp³-hybridized carbons (Fsp3) is 0.400. The SMILES string of the molecule is Oc1ccccc1[Si]1CCCCO1. The molecule has 0 aliphatic carbocycles. The predicted octanol–water partition coefficient (Wildman–Crippen LogP) is 1.40. The molecule has 0 spiro atoms. The van der Waals surface area contributed by atoms with Crippen LogP contribution in [-0.2, 0) is 4.43 Å². The van der Waals surface area contributed by atoms with Crippen molar-refractivity contribution < 1.29 is 9.53 Å². The quantitative estimate of drug-likeness (QED) is 0.683. The third kappa shape index (κ3) is 1.92. The van der Waals surface area contributed by atoms with Crippen LogP contribution in [0.4, 0.5) is 0 Å². The van der Waals surface area contributed by atoms with Gasteiger partial charge in [-0.05, 0) is 18.5 Å². The zero-order valence-electron chi connectivity index (χ0n) is 7.49. The normalized spacial score (nSPS) is 18.8.